The van der Waals surface area contributed by atoms with Crippen molar-refractivity contribution in [2.24, 2.45) is 5.73 Å². The molecule has 2 N–H and O–H groups in total. The summed E-state index contributed by atoms with van der Waals surface area (Å²) >= 11 is 0. The van der Waals surface area contributed by atoms with Gasteiger partial charge in [-0.25, -0.2) is 4.79 Å². The van der Waals surface area contributed by atoms with Gasteiger partial charge in [-0.05, 0) is 37.1 Å². The summed E-state index contributed by atoms with van der Waals surface area (Å²) in [6.07, 6.45) is 0. The molecule has 0 bridgehead atoms. The molecule has 3 rings (SSSR count). The summed E-state index contributed by atoms with van der Waals surface area (Å²) < 4.78 is 6.90. The third kappa shape index (κ3) is 2.38. The van der Waals surface area contributed by atoms with Crippen LogP contribution in [-0.4, -0.2) is 4.57 Å². The maximum absolute atomic E-state index is 11.7. The molecule has 0 saturated heterocycles. The van der Waals surface area contributed by atoms with Crippen LogP contribution in [0.3, 0.4) is 0 Å². The lowest BCUT2D eigenvalue weighted by Gasteiger charge is -2.12. The van der Waals surface area contributed by atoms with E-state index in [1.165, 1.54) is 5.56 Å². The fourth-order valence-corrected chi connectivity index (χ4v) is 2.54. The smallest absolute Gasteiger partial charge is 0.408 e. The van der Waals surface area contributed by atoms with Crippen LogP contribution in [0.1, 0.15) is 29.7 Å². The topological polar surface area (TPSA) is 61.2 Å². The third-order valence-electron chi connectivity index (χ3n) is 3.80. The highest BCUT2D eigenvalue weighted by molar-refractivity contribution is 5.74. The molecule has 4 heteroatoms. The summed E-state index contributed by atoms with van der Waals surface area (Å²) in [7, 11) is 0. The number of rotatable bonds is 3. The van der Waals surface area contributed by atoms with Gasteiger partial charge in [0.1, 0.15) is 0 Å². The summed E-state index contributed by atoms with van der Waals surface area (Å²) in [5, 5.41) is 0. The molecule has 0 amide bonds. The van der Waals surface area contributed by atoms with Gasteiger partial charge in [-0.2, -0.15) is 0 Å². The SMILES string of the molecule is CCn1c(=O)oc2cc(C(N)c3ccc(C)cc3)ccc21. The fraction of sp³-hybridized carbons (Fsp3) is 0.235. The summed E-state index contributed by atoms with van der Waals surface area (Å²) in [5.74, 6) is -0.325. The Balaban J connectivity index is 2.04. The Morgan fingerprint density at radius 1 is 1.14 bits per heavy atom. The highest BCUT2D eigenvalue weighted by Gasteiger charge is 2.13. The van der Waals surface area contributed by atoms with Gasteiger partial charge in [0.2, 0.25) is 0 Å². The van der Waals surface area contributed by atoms with Crippen LogP contribution in [0, 0.1) is 6.92 Å². The molecule has 0 aliphatic rings. The summed E-state index contributed by atoms with van der Waals surface area (Å²) in [5.41, 5.74) is 10.9. The van der Waals surface area contributed by atoms with Crippen molar-refractivity contribution in [3.63, 3.8) is 0 Å². The zero-order chi connectivity index (χ0) is 15.0. The van der Waals surface area contributed by atoms with Gasteiger partial charge < -0.3 is 10.2 Å². The van der Waals surface area contributed by atoms with E-state index in [1.807, 2.05) is 56.3 Å². The van der Waals surface area contributed by atoms with Crippen molar-refractivity contribution in [3.05, 3.63) is 69.7 Å². The van der Waals surface area contributed by atoms with E-state index in [2.05, 4.69) is 0 Å². The third-order valence-corrected chi connectivity index (χ3v) is 3.80. The molecule has 1 aromatic heterocycles. The maximum Gasteiger partial charge on any atom is 0.419 e. The van der Waals surface area contributed by atoms with Crippen molar-refractivity contribution in [2.75, 3.05) is 0 Å². The Morgan fingerprint density at radius 2 is 1.81 bits per heavy atom. The zero-order valence-corrected chi connectivity index (χ0v) is 12.2. The largest absolute Gasteiger partial charge is 0.419 e. The molecule has 0 aliphatic carbocycles. The Labute approximate surface area is 122 Å². The van der Waals surface area contributed by atoms with Gasteiger partial charge in [-0.3, -0.25) is 4.57 Å². The number of oxazole rings is 1. The monoisotopic (exact) mass is 282 g/mol. The fourth-order valence-electron chi connectivity index (χ4n) is 2.54. The van der Waals surface area contributed by atoms with E-state index >= 15 is 0 Å². The quantitative estimate of drug-likeness (QED) is 0.803. The van der Waals surface area contributed by atoms with Crippen molar-refractivity contribution in [3.8, 4) is 0 Å². The van der Waals surface area contributed by atoms with E-state index in [0.717, 1.165) is 16.6 Å². The Morgan fingerprint density at radius 3 is 2.48 bits per heavy atom. The average Bonchev–Trinajstić information content (AvgIpc) is 2.81. The number of benzene rings is 2. The van der Waals surface area contributed by atoms with Crippen LogP contribution in [0.5, 0.6) is 0 Å². The predicted octanol–water partition coefficient (Wildman–Crippen LogP) is 2.97. The van der Waals surface area contributed by atoms with Gasteiger partial charge in [0.25, 0.3) is 0 Å². The molecule has 2 aromatic carbocycles. The normalized spacial score (nSPS) is 12.7. The molecule has 0 fully saturated rings. The van der Waals surface area contributed by atoms with Crippen LogP contribution in [-0.2, 0) is 6.54 Å². The Kier molecular flexibility index (Phi) is 3.39. The van der Waals surface area contributed by atoms with Crippen LogP contribution >= 0.6 is 0 Å². The second-order valence-electron chi connectivity index (χ2n) is 5.23. The van der Waals surface area contributed by atoms with E-state index in [0.29, 0.717) is 12.1 Å². The highest BCUT2D eigenvalue weighted by Crippen LogP contribution is 2.23. The van der Waals surface area contributed by atoms with Gasteiger partial charge in [0, 0.05) is 6.54 Å². The number of hydrogen-bond acceptors (Lipinski definition) is 3. The molecule has 4 nitrogen and oxygen atoms in total. The second-order valence-corrected chi connectivity index (χ2v) is 5.23. The molecule has 3 aromatic rings. The van der Waals surface area contributed by atoms with Gasteiger partial charge in [-0.1, -0.05) is 35.9 Å². The first kappa shape index (κ1) is 13.6. The molecule has 1 atom stereocenters. The lowest BCUT2D eigenvalue weighted by atomic mass is 9.98. The second kappa shape index (κ2) is 5.22. The molecule has 108 valence electrons. The molecule has 0 spiro atoms. The van der Waals surface area contributed by atoms with Crippen LogP contribution in [0.4, 0.5) is 0 Å². The number of aromatic nitrogens is 1. The van der Waals surface area contributed by atoms with Crippen molar-refractivity contribution < 1.29 is 4.42 Å². The molecule has 0 saturated carbocycles. The lowest BCUT2D eigenvalue weighted by molar-refractivity contribution is 0.513. The Bertz CT molecular complexity index is 828. The molecule has 1 heterocycles. The number of hydrogen-bond donors (Lipinski definition) is 1. The minimum absolute atomic E-state index is 0.231. The first-order valence-electron chi connectivity index (χ1n) is 7.05. The summed E-state index contributed by atoms with van der Waals surface area (Å²) in [6.45, 7) is 4.56. The maximum atomic E-state index is 11.7. The summed E-state index contributed by atoms with van der Waals surface area (Å²) in [4.78, 5) is 11.7. The van der Waals surface area contributed by atoms with Crippen molar-refractivity contribution >= 4 is 11.1 Å². The first-order valence-corrected chi connectivity index (χ1v) is 7.05. The molecule has 0 aliphatic heterocycles. The minimum atomic E-state index is -0.325. The lowest BCUT2D eigenvalue weighted by Crippen LogP contribution is -2.12. The summed E-state index contributed by atoms with van der Waals surface area (Å²) in [6, 6.07) is 13.6. The van der Waals surface area contributed by atoms with Crippen LogP contribution in [0.15, 0.2) is 51.7 Å². The van der Waals surface area contributed by atoms with Crippen LogP contribution < -0.4 is 11.5 Å². The van der Waals surface area contributed by atoms with Gasteiger partial charge >= 0.3 is 5.76 Å². The van der Waals surface area contributed by atoms with Crippen LogP contribution in [0.2, 0.25) is 0 Å². The average molecular weight is 282 g/mol. The van der Waals surface area contributed by atoms with Crippen LogP contribution in [0.25, 0.3) is 11.1 Å². The minimum Gasteiger partial charge on any atom is -0.408 e. The number of aryl methyl sites for hydroxylation is 2. The van der Waals surface area contributed by atoms with E-state index in [-0.39, 0.29) is 11.8 Å². The van der Waals surface area contributed by atoms with Gasteiger partial charge in [0.15, 0.2) is 5.58 Å². The van der Waals surface area contributed by atoms with Gasteiger partial charge in [0.05, 0.1) is 11.6 Å². The van der Waals surface area contributed by atoms with E-state index in [4.69, 9.17) is 10.2 Å². The molecular weight excluding hydrogens is 264 g/mol. The number of nitrogens with two attached hydrogens (primary N) is 1. The van der Waals surface area contributed by atoms with E-state index in [1.54, 1.807) is 4.57 Å². The number of nitrogens with zero attached hydrogens (tertiary/aromatic N) is 1. The number of fused-ring (bicyclic) bond motifs is 1. The van der Waals surface area contributed by atoms with E-state index in [9.17, 15) is 4.79 Å². The Hall–Kier alpha value is -2.33. The van der Waals surface area contributed by atoms with Crippen molar-refractivity contribution in [1.82, 2.24) is 4.57 Å². The predicted molar refractivity (Wildman–Crippen MR) is 83.4 cm³/mol. The molecule has 0 radical (unpaired) electrons. The standard InChI is InChI=1S/C17H18N2O2/c1-3-19-14-9-8-13(10-15(14)21-17(19)20)16(18)12-6-4-11(2)5-7-12/h4-10,16H,3,18H2,1-2H3. The molecular formula is C17H18N2O2. The van der Waals surface area contributed by atoms with Crippen molar-refractivity contribution in [1.29, 1.82) is 0 Å². The molecule has 21 heavy (non-hydrogen) atoms. The molecule has 1 unspecified atom stereocenters. The van der Waals surface area contributed by atoms with Crippen molar-refractivity contribution in [2.45, 2.75) is 26.4 Å². The first-order chi connectivity index (χ1) is 10.1. The van der Waals surface area contributed by atoms with Gasteiger partial charge in [-0.15, -0.1) is 0 Å². The van der Waals surface area contributed by atoms with E-state index < -0.39 is 0 Å². The zero-order valence-electron chi connectivity index (χ0n) is 12.2. The highest BCUT2D eigenvalue weighted by atomic mass is 16.4.